The van der Waals surface area contributed by atoms with Crippen molar-refractivity contribution in [1.29, 1.82) is 0 Å². The van der Waals surface area contributed by atoms with Gasteiger partial charge in [-0.2, -0.15) is 5.06 Å². The Hall–Kier alpha value is -2.87. The molecule has 0 heterocycles. The van der Waals surface area contributed by atoms with Gasteiger partial charge < -0.3 is 25.8 Å². The van der Waals surface area contributed by atoms with Crippen LogP contribution in [0.1, 0.15) is 26.7 Å². The summed E-state index contributed by atoms with van der Waals surface area (Å²) in [5.74, 6) is -3.04. The number of carbonyl (C=O) groups is 5. The van der Waals surface area contributed by atoms with Crippen LogP contribution < -0.4 is 21.4 Å². The van der Waals surface area contributed by atoms with Gasteiger partial charge in [0, 0.05) is 17.2 Å². The summed E-state index contributed by atoms with van der Waals surface area (Å²) in [4.78, 5) is 60.5. The fraction of sp³-hybridized carbons (Fsp3) is 0.476. The molecule has 5 N–H and O–H groups in total. The molecule has 3 amide bonds. The van der Waals surface area contributed by atoms with E-state index in [2.05, 4.69) is 10.6 Å². The molecule has 14 heteroatoms. The van der Waals surface area contributed by atoms with E-state index >= 15 is 0 Å². The van der Waals surface area contributed by atoms with Crippen molar-refractivity contribution in [3.63, 3.8) is 0 Å². The molecule has 194 valence electrons. The summed E-state index contributed by atoms with van der Waals surface area (Å²) in [6.45, 7) is 3.09. The fourth-order valence-corrected chi connectivity index (χ4v) is 3.39. The molecule has 0 radical (unpaired) electrons. The predicted molar refractivity (Wildman–Crippen MR) is 129 cm³/mol. The molecule has 35 heavy (non-hydrogen) atoms. The molecule has 0 aliphatic heterocycles. The molecule has 0 saturated heterocycles. The number of esters is 2. The Morgan fingerprint density at radius 2 is 1.66 bits per heavy atom. The molecule has 2 unspecified atom stereocenters. The molecule has 0 aliphatic rings. The maximum Gasteiger partial charge on any atom is 0.325 e. The van der Waals surface area contributed by atoms with Crippen molar-refractivity contribution < 1.29 is 38.7 Å². The molecule has 0 saturated carbocycles. The predicted octanol–water partition coefficient (Wildman–Crippen LogP) is 1.22. The number of carbonyl (C=O) groups excluding carboxylic acids is 5. The maximum atomic E-state index is 12.6. The van der Waals surface area contributed by atoms with Gasteiger partial charge in [-0.05, 0) is 44.5 Å². The normalized spacial score (nSPS) is 12.1. The van der Waals surface area contributed by atoms with Crippen LogP contribution in [0.3, 0.4) is 0 Å². The number of ether oxygens (including phenoxy) is 2. The SMILES string of the molecule is CCOC(=O)CCC(N)C(=O)NC(CSC(=O)N(O)c1ccc(Cl)cc1)C(=O)NCC(=O)OCC. The third kappa shape index (κ3) is 11.4. The second kappa shape index (κ2) is 15.9. The Bertz CT molecular complexity index is 887. The van der Waals surface area contributed by atoms with Crippen LogP contribution in [0, 0.1) is 0 Å². The number of nitrogens with zero attached hydrogens (tertiary/aromatic N) is 1. The third-order valence-electron chi connectivity index (χ3n) is 4.26. The van der Waals surface area contributed by atoms with Gasteiger partial charge in [-0.25, -0.2) is 0 Å². The molecule has 1 aromatic rings. The molecule has 1 aromatic carbocycles. The Kier molecular flexibility index (Phi) is 13.7. The minimum Gasteiger partial charge on any atom is -0.466 e. The average Bonchev–Trinajstić information content (AvgIpc) is 2.83. The van der Waals surface area contributed by atoms with E-state index in [1.807, 2.05) is 0 Å². The number of nitrogens with two attached hydrogens (primary N) is 1. The first-order valence-corrected chi connectivity index (χ1v) is 12.0. The van der Waals surface area contributed by atoms with Gasteiger partial charge in [-0.1, -0.05) is 23.4 Å². The summed E-state index contributed by atoms with van der Waals surface area (Å²) < 4.78 is 9.52. The van der Waals surface area contributed by atoms with E-state index in [1.54, 1.807) is 13.8 Å². The summed E-state index contributed by atoms with van der Waals surface area (Å²) in [5, 5.41) is 14.8. The van der Waals surface area contributed by atoms with Gasteiger partial charge >= 0.3 is 17.2 Å². The average molecular weight is 533 g/mol. The van der Waals surface area contributed by atoms with Crippen LogP contribution in [0.2, 0.25) is 5.02 Å². The lowest BCUT2D eigenvalue weighted by Crippen LogP contribution is -2.53. The van der Waals surface area contributed by atoms with Crippen LogP contribution in [0.15, 0.2) is 24.3 Å². The molecule has 0 spiro atoms. The second-order valence-corrected chi connectivity index (χ2v) is 8.31. The zero-order valence-corrected chi connectivity index (χ0v) is 20.9. The number of rotatable bonds is 13. The largest absolute Gasteiger partial charge is 0.466 e. The number of thioether (sulfide) groups is 1. The van der Waals surface area contributed by atoms with E-state index in [9.17, 15) is 29.2 Å². The minimum absolute atomic E-state index is 0.0328. The highest BCUT2D eigenvalue weighted by Gasteiger charge is 2.27. The Balaban J connectivity index is 2.79. The zero-order chi connectivity index (χ0) is 26.4. The summed E-state index contributed by atoms with van der Waals surface area (Å²) in [5.41, 5.74) is 5.94. The molecule has 0 bridgehead atoms. The van der Waals surface area contributed by atoms with E-state index < -0.39 is 47.6 Å². The summed E-state index contributed by atoms with van der Waals surface area (Å²) in [6, 6.07) is 3.34. The Morgan fingerprint density at radius 3 is 2.26 bits per heavy atom. The number of nitrogens with one attached hydrogen (secondary N) is 2. The number of anilines is 1. The van der Waals surface area contributed by atoms with Crippen molar-refractivity contribution in [1.82, 2.24) is 10.6 Å². The van der Waals surface area contributed by atoms with Crippen molar-refractivity contribution in [3.8, 4) is 0 Å². The highest BCUT2D eigenvalue weighted by molar-refractivity contribution is 8.13. The summed E-state index contributed by atoms with van der Waals surface area (Å²) >= 11 is 6.33. The highest BCUT2D eigenvalue weighted by atomic mass is 35.5. The van der Waals surface area contributed by atoms with Crippen molar-refractivity contribution in [2.75, 3.05) is 30.6 Å². The van der Waals surface area contributed by atoms with Crippen LogP contribution in [-0.2, 0) is 28.7 Å². The minimum atomic E-state index is -1.29. The number of hydrogen-bond donors (Lipinski definition) is 4. The van der Waals surface area contributed by atoms with Gasteiger partial charge in [-0.3, -0.25) is 29.2 Å². The van der Waals surface area contributed by atoms with Gasteiger partial charge in [0.2, 0.25) is 11.8 Å². The summed E-state index contributed by atoms with van der Waals surface area (Å²) in [7, 11) is 0. The molecule has 0 aliphatic carbocycles. The number of halogens is 1. The zero-order valence-electron chi connectivity index (χ0n) is 19.3. The number of hydroxylamine groups is 1. The van der Waals surface area contributed by atoms with E-state index in [0.29, 0.717) is 21.8 Å². The topological polar surface area (TPSA) is 177 Å². The molecule has 1 rings (SSSR count). The van der Waals surface area contributed by atoms with Gasteiger partial charge in [0.15, 0.2) is 0 Å². The molecular weight excluding hydrogens is 504 g/mol. The smallest absolute Gasteiger partial charge is 0.325 e. The standard InChI is InChI=1S/C21H29ClN4O8S/c1-3-33-17(27)10-9-15(23)19(29)25-16(20(30)24-11-18(28)34-4-2)12-35-21(31)26(32)14-7-5-13(22)6-8-14/h5-8,15-16,32H,3-4,9-12,23H2,1-2H3,(H,24,30)(H,25,29). The molecule has 0 fully saturated rings. The van der Waals surface area contributed by atoms with Gasteiger partial charge in [0.1, 0.15) is 12.6 Å². The Morgan fingerprint density at radius 1 is 1.06 bits per heavy atom. The first-order chi connectivity index (χ1) is 16.6. The first kappa shape index (κ1) is 30.2. The van der Waals surface area contributed by atoms with Crippen LogP contribution in [0.4, 0.5) is 10.5 Å². The lowest BCUT2D eigenvalue weighted by molar-refractivity contribution is -0.144. The number of hydrogen-bond acceptors (Lipinski definition) is 10. The molecule has 0 aromatic heterocycles. The van der Waals surface area contributed by atoms with E-state index in [0.717, 1.165) is 0 Å². The van der Waals surface area contributed by atoms with Gasteiger partial charge in [0.25, 0.3) is 0 Å². The van der Waals surface area contributed by atoms with E-state index in [1.165, 1.54) is 24.3 Å². The number of amides is 3. The van der Waals surface area contributed by atoms with Gasteiger partial charge in [0.05, 0.1) is 24.9 Å². The lowest BCUT2D eigenvalue weighted by Gasteiger charge is -2.21. The Labute approximate surface area is 211 Å². The monoisotopic (exact) mass is 532 g/mol. The van der Waals surface area contributed by atoms with Crippen LogP contribution in [0.25, 0.3) is 0 Å². The van der Waals surface area contributed by atoms with Crippen molar-refractivity contribution in [3.05, 3.63) is 29.3 Å². The molecular formula is C21H29ClN4O8S. The fourth-order valence-electron chi connectivity index (χ4n) is 2.50. The van der Waals surface area contributed by atoms with Crippen LogP contribution >= 0.6 is 23.4 Å². The molecule has 2 atom stereocenters. The quantitative estimate of drug-likeness (QED) is 0.164. The van der Waals surface area contributed by atoms with Crippen LogP contribution in [0.5, 0.6) is 0 Å². The van der Waals surface area contributed by atoms with Crippen LogP contribution in [-0.4, -0.2) is 71.8 Å². The second-order valence-electron chi connectivity index (χ2n) is 6.90. The first-order valence-electron chi connectivity index (χ1n) is 10.6. The number of benzene rings is 1. The van der Waals surface area contributed by atoms with Crippen molar-refractivity contribution in [2.45, 2.75) is 38.8 Å². The van der Waals surface area contributed by atoms with E-state index in [4.69, 9.17) is 26.8 Å². The maximum absolute atomic E-state index is 12.6. The molecule has 12 nitrogen and oxygen atoms in total. The lowest BCUT2D eigenvalue weighted by atomic mass is 10.1. The van der Waals surface area contributed by atoms with Crippen molar-refractivity contribution in [2.24, 2.45) is 5.73 Å². The summed E-state index contributed by atoms with van der Waals surface area (Å²) in [6.07, 6.45) is -0.134. The third-order valence-corrected chi connectivity index (χ3v) is 5.44. The van der Waals surface area contributed by atoms with Gasteiger partial charge in [-0.15, -0.1) is 0 Å². The highest BCUT2D eigenvalue weighted by Crippen LogP contribution is 2.20. The van der Waals surface area contributed by atoms with E-state index in [-0.39, 0.29) is 37.5 Å². The van der Waals surface area contributed by atoms with Crippen molar-refractivity contribution >= 4 is 58.0 Å².